The van der Waals surface area contributed by atoms with Gasteiger partial charge in [-0.05, 0) is 42.8 Å². The minimum absolute atomic E-state index is 0.0712. The van der Waals surface area contributed by atoms with Crippen molar-refractivity contribution in [3.63, 3.8) is 0 Å². The van der Waals surface area contributed by atoms with Crippen LogP contribution in [0.3, 0.4) is 0 Å². The van der Waals surface area contributed by atoms with Crippen LogP contribution in [0, 0.1) is 0 Å². The molecule has 1 aromatic heterocycles. The van der Waals surface area contributed by atoms with Gasteiger partial charge in [0.2, 0.25) is 0 Å². The number of carboxylic acids is 1. The van der Waals surface area contributed by atoms with Gasteiger partial charge < -0.3 is 19.5 Å². The van der Waals surface area contributed by atoms with Gasteiger partial charge in [0.25, 0.3) is 5.91 Å². The quantitative estimate of drug-likeness (QED) is 0.704. The molecule has 10 heteroatoms. The number of amides is 1. The molecule has 0 atom stereocenters. The second kappa shape index (κ2) is 11.9. The summed E-state index contributed by atoms with van der Waals surface area (Å²) < 4.78 is 43.2. The summed E-state index contributed by atoms with van der Waals surface area (Å²) in [5.74, 6) is -1.09. The van der Waals surface area contributed by atoms with Crippen molar-refractivity contribution in [3.05, 3.63) is 54.4 Å². The van der Waals surface area contributed by atoms with Gasteiger partial charge in [-0.25, -0.2) is 4.79 Å². The summed E-state index contributed by atoms with van der Waals surface area (Å²) in [6.07, 6.45) is 1.14. The zero-order valence-corrected chi connectivity index (χ0v) is 17.5. The normalized spacial score (nSPS) is 14.2. The Bertz CT molecular complexity index is 852. The summed E-state index contributed by atoms with van der Waals surface area (Å²) in [5, 5.41) is 7.12. The Balaban J connectivity index is 0.000000451. The van der Waals surface area contributed by atoms with E-state index in [1.54, 1.807) is 12.4 Å². The number of pyridine rings is 1. The van der Waals surface area contributed by atoms with E-state index < -0.39 is 12.1 Å². The fourth-order valence-corrected chi connectivity index (χ4v) is 2.88. The monoisotopic (exact) mass is 454 g/mol. The number of aromatic nitrogens is 1. The van der Waals surface area contributed by atoms with Crippen LogP contribution in [0.1, 0.15) is 36.5 Å². The van der Waals surface area contributed by atoms with Gasteiger partial charge in [0.15, 0.2) is 0 Å². The summed E-state index contributed by atoms with van der Waals surface area (Å²) in [4.78, 5) is 27.5. The van der Waals surface area contributed by atoms with Crippen molar-refractivity contribution >= 4 is 11.9 Å². The molecule has 174 valence electrons. The van der Waals surface area contributed by atoms with Gasteiger partial charge in [-0.2, -0.15) is 13.2 Å². The maximum atomic E-state index is 12.6. The lowest BCUT2D eigenvalue weighted by molar-refractivity contribution is -0.192. The van der Waals surface area contributed by atoms with Gasteiger partial charge in [0, 0.05) is 37.7 Å². The van der Waals surface area contributed by atoms with Crippen LogP contribution >= 0.6 is 0 Å². The third-order valence-corrected chi connectivity index (χ3v) is 4.48. The first-order chi connectivity index (χ1) is 15.2. The Morgan fingerprint density at radius 1 is 1.12 bits per heavy atom. The molecule has 0 spiro atoms. The van der Waals surface area contributed by atoms with Crippen LogP contribution in [0.2, 0.25) is 0 Å². The number of hydrogen-bond acceptors (Lipinski definition) is 5. The van der Waals surface area contributed by atoms with Gasteiger partial charge >= 0.3 is 12.1 Å². The molecule has 2 aromatic rings. The van der Waals surface area contributed by atoms with Crippen LogP contribution in [-0.4, -0.2) is 58.8 Å². The first-order valence-corrected chi connectivity index (χ1v) is 10.1. The van der Waals surface area contributed by atoms with Crippen molar-refractivity contribution < 1.29 is 37.3 Å². The molecule has 1 saturated heterocycles. The molecule has 0 radical (unpaired) electrons. The SMILES string of the molecule is CCCOc1ccc(C(=O)N2CCC(Oc3cccnc3)CC2)cc1.O=C(O)C(F)(F)F. The number of benzene rings is 1. The van der Waals surface area contributed by atoms with E-state index in [0.717, 1.165) is 30.8 Å². The number of aliphatic carboxylic acids is 1. The lowest BCUT2D eigenvalue weighted by Crippen LogP contribution is -2.41. The molecule has 0 bridgehead atoms. The summed E-state index contributed by atoms with van der Waals surface area (Å²) in [7, 11) is 0. The average molecular weight is 454 g/mol. The summed E-state index contributed by atoms with van der Waals surface area (Å²) in [5.41, 5.74) is 0.704. The van der Waals surface area contributed by atoms with Crippen molar-refractivity contribution in [1.29, 1.82) is 0 Å². The molecular formula is C22H25F3N2O5. The first-order valence-electron chi connectivity index (χ1n) is 10.1. The third-order valence-electron chi connectivity index (χ3n) is 4.48. The van der Waals surface area contributed by atoms with Gasteiger partial charge in [-0.3, -0.25) is 9.78 Å². The van der Waals surface area contributed by atoms with E-state index in [1.165, 1.54) is 0 Å². The van der Waals surface area contributed by atoms with Crippen molar-refractivity contribution in [2.24, 2.45) is 0 Å². The zero-order chi connectivity index (χ0) is 23.6. The second-order valence-electron chi connectivity index (χ2n) is 6.97. The Labute approximate surface area is 183 Å². The average Bonchev–Trinajstić information content (AvgIpc) is 2.78. The van der Waals surface area contributed by atoms with Gasteiger partial charge in [-0.15, -0.1) is 0 Å². The molecule has 1 N–H and O–H groups in total. The van der Waals surface area contributed by atoms with Gasteiger partial charge in [-0.1, -0.05) is 6.92 Å². The maximum absolute atomic E-state index is 12.6. The lowest BCUT2D eigenvalue weighted by Gasteiger charge is -2.32. The van der Waals surface area contributed by atoms with Crippen molar-refractivity contribution in [2.45, 2.75) is 38.5 Å². The number of nitrogens with zero attached hydrogens (tertiary/aromatic N) is 2. The fraction of sp³-hybridized carbons (Fsp3) is 0.409. The van der Waals surface area contributed by atoms with E-state index in [9.17, 15) is 18.0 Å². The molecule has 3 rings (SSSR count). The number of ether oxygens (including phenoxy) is 2. The van der Waals surface area contributed by atoms with Crippen LogP contribution < -0.4 is 9.47 Å². The number of carbonyl (C=O) groups excluding carboxylic acids is 1. The molecule has 32 heavy (non-hydrogen) atoms. The number of alkyl halides is 3. The third kappa shape index (κ3) is 8.09. The molecule has 1 fully saturated rings. The topological polar surface area (TPSA) is 89.0 Å². The molecule has 1 aliphatic heterocycles. The molecule has 0 saturated carbocycles. The van der Waals surface area contributed by atoms with Gasteiger partial charge in [0.05, 0.1) is 12.8 Å². The highest BCUT2D eigenvalue weighted by molar-refractivity contribution is 5.94. The van der Waals surface area contributed by atoms with Crippen LogP contribution in [0.25, 0.3) is 0 Å². The van der Waals surface area contributed by atoms with Crippen molar-refractivity contribution in [2.75, 3.05) is 19.7 Å². The van der Waals surface area contributed by atoms with Gasteiger partial charge in [0.1, 0.15) is 17.6 Å². The lowest BCUT2D eigenvalue weighted by atomic mass is 10.1. The highest BCUT2D eigenvalue weighted by Crippen LogP contribution is 2.20. The van der Waals surface area contributed by atoms with E-state index >= 15 is 0 Å². The van der Waals surface area contributed by atoms with Crippen molar-refractivity contribution in [3.8, 4) is 11.5 Å². The summed E-state index contributed by atoms with van der Waals surface area (Å²) >= 11 is 0. The maximum Gasteiger partial charge on any atom is 0.490 e. The number of carbonyl (C=O) groups is 2. The van der Waals surface area contributed by atoms with E-state index in [1.807, 2.05) is 41.3 Å². The number of likely N-dealkylation sites (tertiary alicyclic amines) is 1. The molecular weight excluding hydrogens is 429 g/mol. The fourth-order valence-electron chi connectivity index (χ4n) is 2.88. The second-order valence-corrected chi connectivity index (χ2v) is 6.97. The Kier molecular flexibility index (Phi) is 9.30. The molecule has 0 unspecified atom stereocenters. The standard InChI is InChI=1S/C20H24N2O3.C2HF3O2/c1-2-14-24-17-7-5-16(6-8-17)20(23)22-12-9-18(10-13-22)25-19-4-3-11-21-15-19;3-2(4,5)1(6)7/h3-8,11,15,18H,2,9-10,12-14H2,1H3;(H,6,7). The molecule has 1 aromatic carbocycles. The van der Waals surface area contributed by atoms with Crippen LogP contribution in [0.15, 0.2) is 48.8 Å². The van der Waals surface area contributed by atoms with Crippen LogP contribution in [0.5, 0.6) is 11.5 Å². The Morgan fingerprint density at radius 2 is 1.75 bits per heavy atom. The molecule has 1 amide bonds. The van der Waals surface area contributed by atoms with E-state index in [0.29, 0.717) is 25.3 Å². The van der Waals surface area contributed by atoms with E-state index in [2.05, 4.69) is 11.9 Å². The van der Waals surface area contributed by atoms with Crippen LogP contribution in [-0.2, 0) is 4.79 Å². The first kappa shape index (κ1) is 25.0. The number of piperidine rings is 1. The minimum atomic E-state index is -5.08. The minimum Gasteiger partial charge on any atom is -0.494 e. The largest absolute Gasteiger partial charge is 0.494 e. The number of halogens is 3. The molecule has 2 heterocycles. The molecule has 7 nitrogen and oxygen atoms in total. The predicted molar refractivity (Wildman–Crippen MR) is 110 cm³/mol. The summed E-state index contributed by atoms with van der Waals surface area (Å²) in [6, 6.07) is 11.2. The smallest absolute Gasteiger partial charge is 0.490 e. The van der Waals surface area contributed by atoms with E-state index in [-0.39, 0.29) is 12.0 Å². The number of rotatable bonds is 6. The molecule has 1 aliphatic rings. The van der Waals surface area contributed by atoms with E-state index in [4.69, 9.17) is 19.4 Å². The Hall–Kier alpha value is -3.30. The Morgan fingerprint density at radius 3 is 2.25 bits per heavy atom. The molecule has 0 aliphatic carbocycles. The number of carboxylic acid groups (broad SMARTS) is 1. The zero-order valence-electron chi connectivity index (χ0n) is 17.5. The van der Waals surface area contributed by atoms with Crippen LogP contribution in [0.4, 0.5) is 13.2 Å². The number of hydrogen-bond donors (Lipinski definition) is 1. The van der Waals surface area contributed by atoms with Crippen molar-refractivity contribution in [1.82, 2.24) is 9.88 Å². The highest BCUT2D eigenvalue weighted by Gasteiger charge is 2.38. The highest BCUT2D eigenvalue weighted by atomic mass is 19.4. The summed E-state index contributed by atoms with van der Waals surface area (Å²) in [6.45, 7) is 4.17. The predicted octanol–water partition coefficient (Wildman–Crippen LogP) is 4.19.